The lowest BCUT2D eigenvalue weighted by Crippen LogP contribution is -2.46. The second-order valence-corrected chi connectivity index (χ2v) is 10.4. The van der Waals surface area contributed by atoms with Gasteiger partial charge in [0.05, 0.1) is 17.3 Å². The van der Waals surface area contributed by atoms with Gasteiger partial charge in [0, 0.05) is 42.0 Å². The zero-order chi connectivity index (χ0) is 23.8. The van der Waals surface area contributed by atoms with Gasteiger partial charge in [-0.25, -0.2) is 23.1 Å². The third-order valence-corrected chi connectivity index (χ3v) is 6.15. The maximum atomic E-state index is 11.9. The van der Waals surface area contributed by atoms with E-state index < -0.39 is 15.6 Å². The molecule has 0 spiro atoms. The van der Waals surface area contributed by atoms with Crippen LogP contribution in [0.2, 0.25) is 0 Å². The molecule has 0 aliphatic heterocycles. The molecule has 0 aliphatic rings. The standard InChI is InChI=1S/C23H28N6O3S/c1-5-32-13-19-27-20-21(29(19)14-23(2,3)28-33(4,30)31)17-9-8-15(11-18(17)26-22(20)24)16-7-6-10-25-12-16/h6-12,28H,5,13-14H2,1-4H3,(H2,24,26). The van der Waals surface area contributed by atoms with Gasteiger partial charge in [0.25, 0.3) is 0 Å². The molecule has 1 aromatic carbocycles. The van der Waals surface area contributed by atoms with Crippen LogP contribution in [0, 0.1) is 0 Å². The van der Waals surface area contributed by atoms with E-state index in [1.807, 2.05) is 55.7 Å². The second-order valence-electron chi connectivity index (χ2n) is 8.68. The van der Waals surface area contributed by atoms with Gasteiger partial charge in [-0.15, -0.1) is 0 Å². The number of hydrogen-bond donors (Lipinski definition) is 2. The van der Waals surface area contributed by atoms with Crippen LogP contribution < -0.4 is 10.5 Å². The first-order chi connectivity index (χ1) is 15.6. The summed E-state index contributed by atoms with van der Waals surface area (Å²) >= 11 is 0. The number of ether oxygens (including phenoxy) is 1. The number of hydrogen-bond acceptors (Lipinski definition) is 7. The number of pyridine rings is 2. The molecule has 0 saturated heterocycles. The van der Waals surface area contributed by atoms with Crippen molar-refractivity contribution >= 4 is 37.8 Å². The first-order valence-electron chi connectivity index (χ1n) is 10.6. The van der Waals surface area contributed by atoms with Crippen LogP contribution in [-0.2, 0) is 27.9 Å². The van der Waals surface area contributed by atoms with E-state index in [4.69, 9.17) is 15.5 Å². The van der Waals surface area contributed by atoms with E-state index >= 15 is 0 Å². The van der Waals surface area contributed by atoms with E-state index in [0.29, 0.717) is 30.3 Å². The van der Waals surface area contributed by atoms with Crippen LogP contribution in [0.3, 0.4) is 0 Å². The Bertz CT molecular complexity index is 1410. The zero-order valence-corrected chi connectivity index (χ0v) is 20.0. The quantitative estimate of drug-likeness (QED) is 0.407. The number of rotatable bonds is 8. The van der Waals surface area contributed by atoms with Crippen molar-refractivity contribution in [2.75, 3.05) is 18.6 Å². The predicted molar refractivity (Wildman–Crippen MR) is 130 cm³/mol. The number of nitrogen functional groups attached to an aromatic ring is 1. The summed E-state index contributed by atoms with van der Waals surface area (Å²) in [5.41, 5.74) is 9.60. The molecular weight excluding hydrogens is 440 g/mol. The molecule has 0 bridgehead atoms. The summed E-state index contributed by atoms with van der Waals surface area (Å²) in [7, 11) is -3.41. The monoisotopic (exact) mass is 468 g/mol. The Hall–Kier alpha value is -3.08. The van der Waals surface area contributed by atoms with Crippen molar-refractivity contribution in [3.8, 4) is 11.1 Å². The van der Waals surface area contributed by atoms with Crippen LogP contribution in [-0.4, -0.2) is 46.3 Å². The minimum atomic E-state index is -3.41. The smallest absolute Gasteiger partial charge is 0.209 e. The van der Waals surface area contributed by atoms with Gasteiger partial charge in [0.1, 0.15) is 17.9 Å². The van der Waals surface area contributed by atoms with E-state index in [-0.39, 0.29) is 6.61 Å². The number of nitrogens with zero attached hydrogens (tertiary/aromatic N) is 4. The molecule has 3 aromatic heterocycles. The fourth-order valence-electron chi connectivity index (χ4n) is 4.07. The van der Waals surface area contributed by atoms with E-state index in [1.165, 1.54) is 0 Å². The Morgan fingerprint density at radius 2 is 1.97 bits per heavy atom. The van der Waals surface area contributed by atoms with Crippen molar-refractivity contribution in [1.82, 2.24) is 24.2 Å². The van der Waals surface area contributed by atoms with Crippen LogP contribution in [0.25, 0.3) is 33.1 Å². The van der Waals surface area contributed by atoms with Crippen LogP contribution in [0.5, 0.6) is 0 Å². The number of imidazole rings is 1. The van der Waals surface area contributed by atoms with Gasteiger partial charge in [-0.2, -0.15) is 0 Å². The van der Waals surface area contributed by atoms with Crippen LogP contribution in [0.15, 0.2) is 42.7 Å². The van der Waals surface area contributed by atoms with Gasteiger partial charge in [0.2, 0.25) is 10.0 Å². The van der Waals surface area contributed by atoms with Gasteiger partial charge >= 0.3 is 0 Å². The Kier molecular flexibility index (Phi) is 6.08. The Morgan fingerprint density at radius 3 is 2.64 bits per heavy atom. The Labute approximate surface area is 193 Å². The van der Waals surface area contributed by atoms with Gasteiger partial charge in [-0.05, 0) is 38.5 Å². The topological polar surface area (TPSA) is 125 Å². The third-order valence-electron chi connectivity index (χ3n) is 5.23. The molecule has 10 heteroatoms. The highest BCUT2D eigenvalue weighted by Gasteiger charge is 2.27. The first-order valence-corrected chi connectivity index (χ1v) is 12.5. The van der Waals surface area contributed by atoms with E-state index in [0.717, 1.165) is 33.8 Å². The van der Waals surface area contributed by atoms with Gasteiger partial charge in [-0.1, -0.05) is 18.2 Å². The molecule has 33 heavy (non-hydrogen) atoms. The van der Waals surface area contributed by atoms with E-state index in [9.17, 15) is 8.42 Å². The van der Waals surface area contributed by atoms with Crippen molar-refractivity contribution in [2.45, 2.75) is 39.5 Å². The Morgan fingerprint density at radius 1 is 1.18 bits per heavy atom. The summed E-state index contributed by atoms with van der Waals surface area (Å²) in [5.74, 6) is 0.971. The average Bonchev–Trinajstić information content (AvgIpc) is 3.09. The summed E-state index contributed by atoms with van der Waals surface area (Å²) < 4.78 is 34.2. The lowest BCUT2D eigenvalue weighted by atomic mass is 10.0. The molecule has 4 rings (SSSR count). The number of nitrogens with one attached hydrogen (secondary N) is 1. The molecular formula is C23H28N6O3S. The van der Waals surface area contributed by atoms with Gasteiger partial charge in [0.15, 0.2) is 5.82 Å². The fraction of sp³-hybridized carbons (Fsp3) is 0.348. The number of benzene rings is 1. The largest absolute Gasteiger partial charge is 0.382 e. The van der Waals surface area contributed by atoms with Crippen LogP contribution >= 0.6 is 0 Å². The summed E-state index contributed by atoms with van der Waals surface area (Å²) in [6.07, 6.45) is 4.68. The van der Waals surface area contributed by atoms with Crippen molar-refractivity contribution in [1.29, 1.82) is 0 Å². The number of anilines is 1. The molecule has 0 aliphatic carbocycles. The Balaban J connectivity index is 1.93. The molecule has 3 heterocycles. The molecule has 0 amide bonds. The number of sulfonamides is 1. The number of aromatic nitrogens is 4. The minimum Gasteiger partial charge on any atom is -0.382 e. The molecule has 3 N–H and O–H groups in total. The molecule has 0 saturated carbocycles. The number of fused-ring (bicyclic) bond motifs is 3. The maximum absolute atomic E-state index is 11.9. The molecule has 0 atom stereocenters. The van der Waals surface area contributed by atoms with Gasteiger partial charge in [-0.3, -0.25) is 4.98 Å². The van der Waals surface area contributed by atoms with E-state index in [2.05, 4.69) is 14.7 Å². The zero-order valence-electron chi connectivity index (χ0n) is 19.2. The molecule has 9 nitrogen and oxygen atoms in total. The SMILES string of the molecule is CCOCc1nc2c(N)nc3cc(-c4cccnc4)ccc3c2n1CC(C)(C)NS(C)(=O)=O. The van der Waals surface area contributed by atoms with Crippen molar-refractivity contribution in [3.05, 3.63) is 48.5 Å². The van der Waals surface area contributed by atoms with Crippen LogP contribution in [0.1, 0.15) is 26.6 Å². The average molecular weight is 469 g/mol. The second kappa shape index (κ2) is 8.69. The normalized spacial score (nSPS) is 12.6. The van der Waals surface area contributed by atoms with Crippen LogP contribution in [0.4, 0.5) is 5.82 Å². The van der Waals surface area contributed by atoms with E-state index in [1.54, 1.807) is 12.4 Å². The fourth-order valence-corrected chi connectivity index (χ4v) is 5.14. The van der Waals surface area contributed by atoms with Crippen molar-refractivity contribution < 1.29 is 13.2 Å². The molecule has 174 valence electrons. The number of nitrogens with two attached hydrogens (primary N) is 1. The lowest BCUT2D eigenvalue weighted by Gasteiger charge is -2.27. The molecule has 0 unspecified atom stereocenters. The summed E-state index contributed by atoms with van der Waals surface area (Å²) in [5, 5.41) is 0.872. The minimum absolute atomic E-state index is 0.273. The molecule has 4 aromatic rings. The lowest BCUT2D eigenvalue weighted by molar-refractivity contribution is 0.125. The first kappa shape index (κ1) is 23.1. The highest BCUT2D eigenvalue weighted by molar-refractivity contribution is 7.88. The highest BCUT2D eigenvalue weighted by atomic mass is 32.2. The van der Waals surface area contributed by atoms with Crippen molar-refractivity contribution in [2.24, 2.45) is 0 Å². The van der Waals surface area contributed by atoms with Gasteiger partial charge < -0.3 is 15.0 Å². The summed E-state index contributed by atoms with van der Waals surface area (Å²) in [4.78, 5) is 13.5. The molecule has 0 radical (unpaired) electrons. The summed E-state index contributed by atoms with van der Waals surface area (Å²) in [6.45, 7) is 6.70. The molecule has 0 fully saturated rings. The third kappa shape index (κ3) is 4.97. The van der Waals surface area contributed by atoms with Crippen molar-refractivity contribution in [3.63, 3.8) is 0 Å². The highest BCUT2D eigenvalue weighted by Crippen LogP contribution is 2.32. The maximum Gasteiger partial charge on any atom is 0.209 e. The summed E-state index contributed by atoms with van der Waals surface area (Å²) in [6, 6.07) is 9.85. The predicted octanol–water partition coefficient (Wildman–Crippen LogP) is 3.09.